The highest BCUT2D eigenvalue weighted by molar-refractivity contribution is 9.10. The summed E-state index contributed by atoms with van der Waals surface area (Å²) in [6, 6.07) is 10.0. The number of carbonyl (C=O) groups is 1. The van der Waals surface area contributed by atoms with Gasteiger partial charge in [0.1, 0.15) is 5.65 Å². The summed E-state index contributed by atoms with van der Waals surface area (Å²) in [4.78, 5) is 18.1. The smallest absolute Gasteiger partial charge is 0.231 e. The summed E-state index contributed by atoms with van der Waals surface area (Å²) in [5, 5.41) is 0. The maximum absolute atomic E-state index is 11.8. The Labute approximate surface area is 130 Å². The van der Waals surface area contributed by atoms with Gasteiger partial charge >= 0.3 is 0 Å². The van der Waals surface area contributed by atoms with Crippen molar-refractivity contribution in [3.63, 3.8) is 0 Å². The Morgan fingerprint density at radius 2 is 2.05 bits per heavy atom. The van der Waals surface area contributed by atoms with Crippen molar-refractivity contribution in [2.75, 3.05) is 11.9 Å². The molecule has 3 aromatic rings. The Morgan fingerprint density at radius 3 is 2.90 bits per heavy atom. The minimum absolute atomic E-state index is 0.140. The van der Waals surface area contributed by atoms with E-state index in [0.29, 0.717) is 6.42 Å². The van der Waals surface area contributed by atoms with E-state index >= 15 is 0 Å². The van der Waals surface area contributed by atoms with E-state index in [1.54, 1.807) is 4.90 Å². The number of carbonyl (C=O) groups excluding carboxylic acids is 1. The number of anilines is 1. The van der Waals surface area contributed by atoms with Crippen molar-refractivity contribution in [2.45, 2.75) is 6.42 Å². The zero-order valence-corrected chi connectivity index (χ0v) is 13.0. The van der Waals surface area contributed by atoms with Crippen LogP contribution in [0.15, 0.2) is 47.2 Å². The third kappa shape index (κ3) is 1.96. The fourth-order valence-corrected chi connectivity index (χ4v) is 3.09. The van der Waals surface area contributed by atoms with Crippen molar-refractivity contribution in [3.05, 3.63) is 52.8 Å². The number of amides is 1. The molecule has 4 nitrogen and oxygen atoms in total. The summed E-state index contributed by atoms with van der Waals surface area (Å²) in [7, 11) is 1.82. The molecule has 0 saturated heterocycles. The molecule has 0 spiro atoms. The number of pyridine rings is 1. The molecular formula is C16H12BrN3O. The first-order valence-corrected chi connectivity index (χ1v) is 7.45. The first-order valence-electron chi connectivity index (χ1n) is 6.66. The first kappa shape index (κ1) is 12.6. The molecule has 3 heterocycles. The van der Waals surface area contributed by atoms with E-state index in [4.69, 9.17) is 0 Å². The number of nitrogens with zero attached hydrogens (tertiary/aromatic N) is 3. The predicted molar refractivity (Wildman–Crippen MR) is 85.4 cm³/mol. The highest BCUT2D eigenvalue weighted by atomic mass is 79.9. The Balaban J connectivity index is 1.82. The lowest BCUT2D eigenvalue weighted by Crippen LogP contribution is -2.20. The summed E-state index contributed by atoms with van der Waals surface area (Å²) in [6.07, 6.45) is 4.46. The van der Waals surface area contributed by atoms with Crippen LogP contribution in [-0.2, 0) is 11.2 Å². The van der Waals surface area contributed by atoms with Crippen LogP contribution in [0.1, 0.15) is 5.56 Å². The zero-order valence-electron chi connectivity index (χ0n) is 11.4. The lowest BCUT2D eigenvalue weighted by molar-refractivity contribution is -0.117. The van der Waals surface area contributed by atoms with Crippen molar-refractivity contribution in [1.82, 2.24) is 9.38 Å². The first-order chi connectivity index (χ1) is 10.1. The van der Waals surface area contributed by atoms with Gasteiger partial charge in [-0.15, -0.1) is 0 Å². The molecule has 0 fully saturated rings. The highest BCUT2D eigenvalue weighted by Gasteiger charge is 2.24. The summed E-state index contributed by atoms with van der Waals surface area (Å²) < 4.78 is 3.00. The second-order valence-electron chi connectivity index (χ2n) is 5.21. The number of aromatic nitrogens is 2. The van der Waals surface area contributed by atoms with Crippen molar-refractivity contribution in [3.8, 4) is 11.3 Å². The molecule has 104 valence electrons. The number of imidazole rings is 1. The van der Waals surface area contributed by atoms with Crippen molar-refractivity contribution < 1.29 is 4.79 Å². The van der Waals surface area contributed by atoms with Crippen LogP contribution in [0.4, 0.5) is 5.69 Å². The molecule has 4 rings (SSSR count). The second kappa shape index (κ2) is 4.43. The molecule has 1 amide bonds. The summed E-state index contributed by atoms with van der Waals surface area (Å²) >= 11 is 3.46. The van der Waals surface area contributed by atoms with Crippen molar-refractivity contribution in [1.29, 1.82) is 0 Å². The van der Waals surface area contributed by atoms with Crippen molar-refractivity contribution in [2.24, 2.45) is 0 Å². The standard InChI is InChI=1S/C16H12BrN3O/c1-19-14-4-2-10(6-11(14)7-16(19)21)13-9-20-8-12(17)3-5-15(20)18-13/h2-6,8-9H,7H2,1H3. The van der Waals surface area contributed by atoms with Gasteiger partial charge in [0, 0.05) is 35.2 Å². The highest BCUT2D eigenvalue weighted by Crippen LogP contribution is 2.31. The Bertz CT molecular complexity index is 884. The van der Waals surface area contributed by atoms with Gasteiger partial charge in [0.15, 0.2) is 0 Å². The van der Waals surface area contributed by atoms with E-state index in [1.807, 2.05) is 48.1 Å². The van der Waals surface area contributed by atoms with Gasteiger partial charge in [0.05, 0.1) is 12.1 Å². The summed E-state index contributed by atoms with van der Waals surface area (Å²) in [6.45, 7) is 0. The Hall–Kier alpha value is -2.14. The van der Waals surface area contributed by atoms with Gasteiger partial charge in [-0.05, 0) is 45.8 Å². The van der Waals surface area contributed by atoms with Gasteiger partial charge in [0.2, 0.25) is 5.91 Å². The average molecular weight is 342 g/mol. The molecule has 0 saturated carbocycles. The van der Waals surface area contributed by atoms with Gasteiger partial charge in [-0.1, -0.05) is 6.07 Å². The van der Waals surface area contributed by atoms with Gasteiger partial charge in [0.25, 0.3) is 0 Å². The topological polar surface area (TPSA) is 37.6 Å². The second-order valence-corrected chi connectivity index (χ2v) is 6.13. The normalized spacial score (nSPS) is 14.0. The van der Waals surface area contributed by atoms with E-state index in [9.17, 15) is 4.79 Å². The van der Waals surface area contributed by atoms with E-state index in [0.717, 1.165) is 32.6 Å². The number of likely N-dealkylation sites (N-methyl/N-ethyl adjacent to an activating group) is 1. The quantitative estimate of drug-likeness (QED) is 0.681. The number of fused-ring (bicyclic) bond motifs is 2. The van der Waals surface area contributed by atoms with Crippen LogP contribution in [0.3, 0.4) is 0 Å². The fraction of sp³-hybridized carbons (Fsp3) is 0.125. The number of hydrogen-bond acceptors (Lipinski definition) is 2. The fourth-order valence-electron chi connectivity index (χ4n) is 2.73. The molecule has 5 heteroatoms. The minimum atomic E-state index is 0.140. The predicted octanol–water partition coefficient (Wildman–Crippen LogP) is 3.28. The number of rotatable bonds is 1. The number of benzene rings is 1. The van der Waals surface area contributed by atoms with Crippen LogP contribution in [0.25, 0.3) is 16.9 Å². The maximum Gasteiger partial charge on any atom is 0.231 e. The van der Waals surface area contributed by atoms with Crippen LogP contribution in [0.2, 0.25) is 0 Å². The van der Waals surface area contributed by atoms with Crippen LogP contribution in [0, 0.1) is 0 Å². The summed E-state index contributed by atoms with van der Waals surface area (Å²) in [5.74, 6) is 0.140. The average Bonchev–Trinajstić information content (AvgIpc) is 3.00. The van der Waals surface area contributed by atoms with Crippen LogP contribution >= 0.6 is 15.9 Å². The van der Waals surface area contributed by atoms with Gasteiger partial charge in [-0.25, -0.2) is 4.98 Å². The van der Waals surface area contributed by atoms with Crippen LogP contribution in [0.5, 0.6) is 0 Å². The van der Waals surface area contributed by atoms with Gasteiger partial charge in [-0.2, -0.15) is 0 Å². The molecule has 1 aliphatic rings. The molecule has 1 aliphatic heterocycles. The van der Waals surface area contributed by atoms with Crippen LogP contribution in [-0.4, -0.2) is 22.3 Å². The molecule has 0 bridgehead atoms. The molecule has 0 aliphatic carbocycles. The number of hydrogen-bond donors (Lipinski definition) is 0. The van der Waals surface area contributed by atoms with Crippen LogP contribution < -0.4 is 4.90 Å². The minimum Gasteiger partial charge on any atom is -0.315 e. The third-order valence-electron chi connectivity index (χ3n) is 3.87. The molecular weight excluding hydrogens is 330 g/mol. The van der Waals surface area contributed by atoms with E-state index in [-0.39, 0.29) is 5.91 Å². The summed E-state index contributed by atoms with van der Waals surface area (Å²) in [5.41, 5.74) is 4.92. The molecule has 2 aromatic heterocycles. The Morgan fingerprint density at radius 1 is 1.19 bits per heavy atom. The molecule has 21 heavy (non-hydrogen) atoms. The van der Waals surface area contributed by atoms with E-state index < -0.39 is 0 Å². The molecule has 0 atom stereocenters. The monoisotopic (exact) mass is 341 g/mol. The van der Waals surface area contributed by atoms with Crippen molar-refractivity contribution >= 4 is 33.2 Å². The SMILES string of the molecule is CN1C(=O)Cc2cc(-c3cn4cc(Br)ccc4n3)ccc21. The zero-order chi connectivity index (χ0) is 14.6. The molecule has 0 unspecified atom stereocenters. The number of halogens is 1. The molecule has 1 aromatic carbocycles. The Kier molecular flexibility index (Phi) is 2.65. The van der Waals surface area contributed by atoms with Gasteiger partial charge in [-0.3, -0.25) is 4.79 Å². The molecule has 0 N–H and O–H groups in total. The largest absolute Gasteiger partial charge is 0.315 e. The molecule has 0 radical (unpaired) electrons. The lowest BCUT2D eigenvalue weighted by atomic mass is 10.1. The van der Waals surface area contributed by atoms with E-state index in [1.165, 1.54) is 0 Å². The third-order valence-corrected chi connectivity index (χ3v) is 4.34. The maximum atomic E-state index is 11.8. The van der Waals surface area contributed by atoms with E-state index in [2.05, 4.69) is 27.0 Å². The van der Waals surface area contributed by atoms with Gasteiger partial charge < -0.3 is 9.30 Å². The lowest BCUT2D eigenvalue weighted by Gasteiger charge is -2.09.